The van der Waals surface area contributed by atoms with Crippen LogP contribution in [0, 0.1) is 12.8 Å². The van der Waals surface area contributed by atoms with E-state index in [1.807, 2.05) is 61.5 Å². The van der Waals surface area contributed by atoms with Crippen LogP contribution in [-0.4, -0.2) is 41.9 Å². The molecule has 3 aromatic rings. The summed E-state index contributed by atoms with van der Waals surface area (Å²) >= 11 is 0. The smallest absolute Gasteiger partial charge is 0.255 e. The number of likely N-dealkylation sites (tertiary alicyclic amines) is 1. The van der Waals surface area contributed by atoms with Crippen molar-refractivity contribution in [2.75, 3.05) is 25.5 Å². The molecule has 1 fully saturated rings. The van der Waals surface area contributed by atoms with Crippen LogP contribution >= 0.6 is 0 Å². The fourth-order valence-corrected chi connectivity index (χ4v) is 3.90. The maximum atomic E-state index is 13.2. The lowest BCUT2D eigenvalue weighted by Crippen LogP contribution is -2.44. The summed E-state index contributed by atoms with van der Waals surface area (Å²) in [6, 6.07) is 16.9. The van der Waals surface area contributed by atoms with Gasteiger partial charge < -0.3 is 15.0 Å². The minimum absolute atomic E-state index is 0.0425. The van der Waals surface area contributed by atoms with E-state index < -0.39 is 0 Å². The standard InChI is InChI=1S/C24H25N3O3/c1-16-21(13-17-10-11-20(30-2)14-22(17)25-16)24(29)27-12-6-7-18(15-27)23(28)26-19-8-4-3-5-9-19/h3-5,8-11,13-14,18H,6-7,12,15H2,1-2H3,(H,26,28)/t18-/m0/s1. The van der Waals surface area contributed by atoms with E-state index in [4.69, 9.17) is 4.74 Å². The number of ether oxygens (including phenoxy) is 1. The largest absolute Gasteiger partial charge is 0.497 e. The number of nitrogens with zero attached hydrogens (tertiary/aromatic N) is 2. The van der Waals surface area contributed by atoms with Gasteiger partial charge in [-0.25, -0.2) is 0 Å². The summed E-state index contributed by atoms with van der Waals surface area (Å²) in [5.74, 6) is 0.395. The number of anilines is 1. The van der Waals surface area contributed by atoms with Crippen LogP contribution in [0.1, 0.15) is 28.9 Å². The van der Waals surface area contributed by atoms with Gasteiger partial charge in [0, 0.05) is 30.2 Å². The summed E-state index contributed by atoms with van der Waals surface area (Å²) < 4.78 is 5.26. The molecule has 1 atom stereocenters. The van der Waals surface area contributed by atoms with Crippen molar-refractivity contribution >= 4 is 28.4 Å². The third-order valence-corrected chi connectivity index (χ3v) is 5.57. The predicted molar refractivity (Wildman–Crippen MR) is 117 cm³/mol. The van der Waals surface area contributed by atoms with Crippen molar-refractivity contribution in [3.63, 3.8) is 0 Å². The maximum Gasteiger partial charge on any atom is 0.255 e. The van der Waals surface area contributed by atoms with Crippen molar-refractivity contribution in [2.24, 2.45) is 5.92 Å². The Hall–Kier alpha value is -3.41. The van der Waals surface area contributed by atoms with Gasteiger partial charge in [0.25, 0.3) is 5.91 Å². The van der Waals surface area contributed by atoms with Gasteiger partial charge in [0.2, 0.25) is 5.91 Å². The molecule has 154 valence electrons. The number of methoxy groups -OCH3 is 1. The van der Waals surface area contributed by atoms with Crippen LogP contribution in [0.4, 0.5) is 5.69 Å². The SMILES string of the molecule is COc1ccc2cc(C(=O)N3CCC[C@H](C(=O)Nc4ccccc4)C3)c(C)nc2c1. The normalized spacial score (nSPS) is 16.3. The van der Waals surface area contributed by atoms with Crippen molar-refractivity contribution < 1.29 is 14.3 Å². The molecular formula is C24H25N3O3. The molecule has 6 heteroatoms. The summed E-state index contributed by atoms with van der Waals surface area (Å²) in [5.41, 5.74) is 2.83. The van der Waals surface area contributed by atoms with Crippen molar-refractivity contribution in [1.82, 2.24) is 9.88 Å². The van der Waals surface area contributed by atoms with Crippen LogP contribution in [0.3, 0.4) is 0 Å². The van der Waals surface area contributed by atoms with E-state index in [1.54, 1.807) is 12.0 Å². The fraction of sp³-hybridized carbons (Fsp3) is 0.292. The van der Waals surface area contributed by atoms with E-state index in [-0.39, 0.29) is 17.7 Å². The number of fused-ring (bicyclic) bond motifs is 1. The molecule has 4 rings (SSSR count). The number of hydrogen-bond donors (Lipinski definition) is 1. The average molecular weight is 403 g/mol. The quantitative estimate of drug-likeness (QED) is 0.714. The van der Waals surface area contributed by atoms with Crippen molar-refractivity contribution in [3.8, 4) is 5.75 Å². The Kier molecular flexibility index (Phi) is 5.65. The highest BCUT2D eigenvalue weighted by molar-refractivity contribution is 5.99. The van der Waals surface area contributed by atoms with Crippen LogP contribution in [0.25, 0.3) is 10.9 Å². The van der Waals surface area contributed by atoms with Gasteiger partial charge in [-0.05, 0) is 50.1 Å². The first-order valence-corrected chi connectivity index (χ1v) is 10.2. The van der Waals surface area contributed by atoms with Crippen molar-refractivity contribution in [2.45, 2.75) is 19.8 Å². The summed E-state index contributed by atoms with van der Waals surface area (Å²) in [6.07, 6.45) is 1.58. The monoisotopic (exact) mass is 403 g/mol. The Balaban J connectivity index is 1.51. The van der Waals surface area contributed by atoms with Crippen LogP contribution in [0.15, 0.2) is 54.6 Å². The Morgan fingerprint density at radius 2 is 1.93 bits per heavy atom. The molecule has 0 aliphatic carbocycles. The third kappa shape index (κ3) is 4.13. The number of carbonyl (C=O) groups is 2. The molecule has 1 aliphatic heterocycles. The van der Waals surface area contributed by atoms with Gasteiger partial charge in [0.05, 0.1) is 29.8 Å². The number of carbonyl (C=O) groups excluding carboxylic acids is 2. The number of piperidine rings is 1. The van der Waals surface area contributed by atoms with Gasteiger partial charge in [-0.3, -0.25) is 14.6 Å². The number of hydrogen-bond acceptors (Lipinski definition) is 4. The van der Waals surface area contributed by atoms with Crippen LogP contribution in [-0.2, 0) is 4.79 Å². The molecule has 1 aromatic heterocycles. The van der Waals surface area contributed by atoms with E-state index in [9.17, 15) is 9.59 Å². The molecule has 1 saturated heterocycles. The number of amides is 2. The second-order valence-corrected chi connectivity index (χ2v) is 7.63. The highest BCUT2D eigenvalue weighted by Crippen LogP contribution is 2.25. The van der Waals surface area contributed by atoms with Gasteiger partial charge in [0.15, 0.2) is 0 Å². The average Bonchev–Trinajstić information content (AvgIpc) is 2.78. The molecule has 0 unspecified atom stereocenters. The number of benzene rings is 2. The Morgan fingerprint density at radius 1 is 1.13 bits per heavy atom. The Morgan fingerprint density at radius 3 is 2.70 bits per heavy atom. The summed E-state index contributed by atoms with van der Waals surface area (Å²) in [5, 5.41) is 3.85. The number of nitrogens with one attached hydrogen (secondary N) is 1. The number of para-hydroxylation sites is 1. The number of aryl methyl sites for hydroxylation is 1. The zero-order valence-corrected chi connectivity index (χ0v) is 17.2. The highest BCUT2D eigenvalue weighted by atomic mass is 16.5. The molecule has 0 spiro atoms. The fourth-order valence-electron chi connectivity index (χ4n) is 3.90. The van der Waals surface area contributed by atoms with Gasteiger partial charge >= 0.3 is 0 Å². The van der Waals surface area contributed by atoms with Crippen LogP contribution in [0.5, 0.6) is 5.75 Å². The Labute approximate surface area is 175 Å². The van der Waals surface area contributed by atoms with E-state index in [1.165, 1.54) is 0 Å². The van der Waals surface area contributed by atoms with E-state index in [0.29, 0.717) is 24.3 Å². The lowest BCUT2D eigenvalue weighted by molar-refractivity contribution is -0.121. The molecule has 2 heterocycles. The van der Waals surface area contributed by atoms with E-state index in [0.717, 1.165) is 35.2 Å². The van der Waals surface area contributed by atoms with Gasteiger partial charge in [-0.15, -0.1) is 0 Å². The van der Waals surface area contributed by atoms with E-state index >= 15 is 0 Å². The summed E-state index contributed by atoms with van der Waals surface area (Å²) in [4.78, 5) is 32.3. The van der Waals surface area contributed by atoms with Crippen LogP contribution in [0.2, 0.25) is 0 Å². The highest BCUT2D eigenvalue weighted by Gasteiger charge is 2.30. The molecule has 2 aromatic carbocycles. The molecule has 0 bridgehead atoms. The Bertz CT molecular complexity index is 1080. The van der Waals surface area contributed by atoms with Crippen molar-refractivity contribution in [3.05, 3.63) is 65.9 Å². The molecule has 0 saturated carbocycles. The molecule has 6 nitrogen and oxygen atoms in total. The minimum atomic E-state index is -0.221. The number of aromatic nitrogens is 1. The topological polar surface area (TPSA) is 71.5 Å². The maximum absolute atomic E-state index is 13.2. The molecule has 1 aliphatic rings. The first-order valence-electron chi connectivity index (χ1n) is 10.2. The first kappa shape index (κ1) is 19.9. The number of rotatable bonds is 4. The second kappa shape index (κ2) is 8.53. The minimum Gasteiger partial charge on any atom is -0.497 e. The van der Waals surface area contributed by atoms with E-state index in [2.05, 4.69) is 10.3 Å². The molecule has 0 radical (unpaired) electrons. The molecule has 30 heavy (non-hydrogen) atoms. The second-order valence-electron chi connectivity index (χ2n) is 7.63. The zero-order valence-electron chi connectivity index (χ0n) is 17.2. The van der Waals surface area contributed by atoms with Gasteiger partial charge in [-0.1, -0.05) is 18.2 Å². The number of pyridine rings is 1. The zero-order chi connectivity index (χ0) is 21.1. The lowest BCUT2D eigenvalue weighted by Gasteiger charge is -2.32. The first-order chi connectivity index (χ1) is 14.5. The summed E-state index contributed by atoms with van der Waals surface area (Å²) in [7, 11) is 1.62. The van der Waals surface area contributed by atoms with Gasteiger partial charge in [0.1, 0.15) is 5.75 Å². The third-order valence-electron chi connectivity index (χ3n) is 5.57. The predicted octanol–water partition coefficient (Wildman–Crippen LogP) is 4.04. The van der Waals surface area contributed by atoms with Crippen LogP contribution < -0.4 is 10.1 Å². The summed E-state index contributed by atoms with van der Waals surface area (Å²) in [6.45, 7) is 2.90. The lowest BCUT2D eigenvalue weighted by atomic mass is 9.96. The van der Waals surface area contributed by atoms with Gasteiger partial charge in [-0.2, -0.15) is 0 Å². The van der Waals surface area contributed by atoms with Crippen molar-refractivity contribution in [1.29, 1.82) is 0 Å². The molecular weight excluding hydrogens is 378 g/mol. The molecule has 2 amide bonds. The molecule has 1 N–H and O–H groups in total.